The van der Waals surface area contributed by atoms with Gasteiger partial charge in [-0.15, -0.1) is 0 Å². The first kappa shape index (κ1) is 12.3. The molecule has 2 aromatic carbocycles. The Hall–Kier alpha value is -2.16. The minimum absolute atomic E-state index is 0.202. The summed E-state index contributed by atoms with van der Waals surface area (Å²) >= 11 is 0. The van der Waals surface area contributed by atoms with Crippen molar-refractivity contribution in [1.82, 2.24) is 0 Å². The molecule has 0 fully saturated rings. The van der Waals surface area contributed by atoms with Gasteiger partial charge in [0.2, 0.25) is 0 Å². The summed E-state index contributed by atoms with van der Waals surface area (Å²) in [5, 5.41) is 0. The Morgan fingerprint density at radius 3 is 2.50 bits per heavy atom. The second-order valence-electron chi connectivity index (χ2n) is 4.15. The van der Waals surface area contributed by atoms with Crippen molar-refractivity contribution in [2.45, 2.75) is 13.8 Å². The molecular weight excluding hydrogens is 231 g/mol. The minimum atomic E-state index is -0.558. The van der Waals surface area contributed by atoms with Crippen LogP contribution in [0.2, 0.25) is 0 Å². The SMILES string of the molecule is Cc1ccc(OC(=O)c2cccc(F)c2)cc1C. The maximum atomic E-state index is 13.0. The highest BCUT2D eigenvalue weighted by atomic mass is 19.1. The quantitative estimate of drug-likeness (QED) is 0.595. The molecule has 0 saturated carbocycles. The fourth-order valence-electron chi connectivity index (χ4n) is 1.56. The van der Waals surface area contributed by atoms with Gasteiger partial charge in [0.05, 0.1) is 5.56 Å². The van der Waals surface area contributed by atoms with Crippen LogP contribution in [0.15, 0.2) is 42.5 Å². The molecule has 2 nitrogen and oxygen atoms in total. The number of carbonyl (C=O) groups excluding carboxylic acids is 1. The molecule has 0 aliphatic heterocycles. The van der Waals surface area contributed by atoms with E-state index in [1.54, 1.807) is 12.1 Å². The fraction of sp³-hybridized carbons (Fsp3) is 0.133. The summed E-state index contributed by atoms with van der Waals surface area (Å²) < 4.78 is 18.2. The highest BCUT2D eigenvalue weighted by Gasteiger charge is 2.09. The first-order chi connectivity index (χ1) is 8.56. The Labute approximate surface area is 105 Å². The second-order valence-corrected chi connectivity index (χ2v) is 4.15. The summed E-state index contributed by atoms with van der Waals surface area (Å²) in [6.45, 7) is 3.92. The van der Waals surface area contributed by atoms with Crippen molar-refractivity contribution in [3.63, 3.8) is 0 Å². The van der Waals surface area contributed by atoms with E-state index in [0.717, 1.165) is 17.2 Å². The molecule has 0 radical (unpaired) electrons. The van der Waals surface area contributed by atoms with E-state index in [0.29, 0.717) is 5.75 Å². The van der Waals surface area contributed by atoms with Crippen molar-refractivity contribution < 1.29 is 13.9 Å². The number of rotatable bonds is 2. The minimum Gasteiger partial charge on any atom is -0.423 e. The third-order valence-corrected chi connectivity index (χ3v) is 2.75. The van der Waals surface area contributed by atoms with E-state index in [9.17, 15) is 9.18 Å². The van der Waals surface area contributed by atoms with Crippen LogP contribution in [0.5, 0.6) is 5.75 Å². The lowest BCUT2D eigenvalue weighted by Gasteiger charge is -2.06. The van der Waals surface area contributed by atoms with Gasteiger partial charge < -0.3 is 4.74 Å². The average Bonchev–Trinajstić information content (AvgIpc) is 2.34. The molecular formula is C15H13FO2. The molecule has 0 aliphatic carbocycles. The van der Waals surface area contributed by atoms with E-state index in [2.05, 4.69) is 0 Å². The smallest absolute Gasteiger partial charge is 0.343 e. The molecule has 0 bridgehead atoms. The molecule has 2 aromatic rings. The number of aryl methyl sites for hydroxylation is 2. The predicted octanol–water partition coefficient (Wildman–Crippen LogP) is 3.66. The first-order valence-corrected chi connectivity index (χ1v) is 5.61. The number of esters is 1. The Morgan fingerprint density at radius 2 is 1.83 bits per heavy atom. The molecule has 0 aromatic heterocycles. The maximum absolute atomic E-state index is 13.0. The largest absolute Gasteiger partial charge is 0.423 e. The summed E-state index contributed by atoms with van der Waals surface area (Å²) in [6, 6.07) is 10.8. The van der Waals surface area contributed by atoms with Gasteiger partial charge in [0, 0.05) is 0 Å². The molecule has 92 valence electrons. The number of hydrogen-bond acceptors (Lipinski definition) is 2. The van der Waals surface area contributed by atoms with Crippen molar-refractivity contribution in [3.05, 3.63) is 65.0 Å². The summed E-state index contributed by atoms with van der Waals surface area (Å²) in [7, 11) is 0. The zero-order chi connectivity index (χ0) is 13.1. The number of halogens is 1. The lowest BCUT2D eigenvalue weighted by Crippen LogP contribution is -2.08. The third kappa shape index (κ3) is 2.74. The van der Waals surface area contributed by atoms with E-state index >= 15 is 0 Å². The molecule has 18 heavy (non-hydrogen) atoms. The lowest BCUT2D eigenvalue weighted by molar-refractivity contribution is 0.0734. The molecule has 0 unspecified atom stereocenters. The summed E-state index contributed by atoms with van der Waals surface area (Å²) in [5.74, 6) is -0.547. The van der Waals surface area contributed by atoms with Gasteiger partial charge in [0.25, 0.3) is 0 Å². The van der Waals surface area contributed by atoms with Gasteiger partial charge in [0.15, 0.2) is 0 Å². The van der Waals surface area contributed by atoms with Gasteiger partial charge in [-0.25, -0.2) is 9.18 Å². The monoisotopic (exact) mass is 244 g/mol. The topological polar surface area (TPSA) is 26.3 Å². The van der Waals surface area contributed by atoms with Crippen LogP contribution >= 0.6 is 0 Å². The zero-order valence-electron chi connectivity index (χ0n) is 10.2. The molecule has 0 saturated heterocycles. The first-order valence-electron chi connectivity index (χ1n) is 5.61. The van der Waals surface area contributed by atoms with E-state index in [-0.39, 0.29) is 5.56 Å². The van der Waals surface area contributed by atoms with Crippen LogP contribution in [0, 0.1) is 19.7 Å². The van der Waals surface area contributed by atoms with E-state index in [1.165, 1.54) is 18.2 Å². The third-order valence-electron chi connectivity index (χ3n) is 2.75. The van der Waals surface area contributed by atoms with Gasteiger partial charge in [-0.2, -0.15) is 0 Å². The predicted molar refractivity (Wildman–Crippen MR) is 67.3 cm³/mol. The summed E-state index contributed by atoms with van der Waals surface area (Å²) in [4.78, 5) is 11.8. The summed E-state index contributed by atoms with van der Waals surface area (Å²) in [5.41, 5.74) is 2.37. The molecule has 3 heteroatoms. The standard InChI is InChI=1S/C15H13FO2/c1-10-6-7-14(8-11(10)2)18-15(17)12-4-3-5-13(16)9-12/h3-9H,1-2H3. The van der Waals surface area contributed by atoms with E-state index in [4.69, 9.17) is 4.74 Å². The van der Waals surface area contributed by atoms with Crippen LogP contribution in [-0.4, -0.2) is 5.97 Å². The molecule has 0 aliphatic rings. The number of hydrogen-bond donors (Lipinski definition) is 0. The van der Waals surface area contributed by atoms with Crippen molar-refractivity contribution in [1.29, 1.82) is 0 Å². The second kappa shape index (κ2) is 5.00. The summed E-state index contributed by atoms with van der Waals surface area (Å²) in [6.07, 6.45) is 0. The van der Waals surface area contributed by atoms with Gasteiger partial charge >= 0.3 is 5.97 Å². The Morgan fingerprint density at radius 1 is 1.06 bits per heavy atom. The van der Waals surface area contributed by atoms with Crippen molar-refractivity contribution in [2.75, 3.05) is 0 Å². The van der Waals surface area contributed by atoms with Gasteiger partial charge in [-0.3, -0.25) is 0 Å². The van der Waals surface area contributed by atoms with E-state index in [1.807, 2.05) is 19.9 Å². The van der Waals surface area contributed by atoms with Crippen LogP contribution in [0.1, 0.15) is 21.5 Å². The van der Waals surface area contributed by atoms with Crippen LogP contribution in [0.4, 0.5) is 4.39 Å². The van der Waals surface area contributed by atoms with Gasteiger partial charge in [-0.1, -0.05) is 12.1 Å². The molecule has 0 spiro atoms. The number of ether oxygens (including phenoxy) is 1. The molecule has 0 atom stereocenters. The number of carbonyl (C=O) groups is 1. The molecule has 2 rings (SSSR count). The van der Waals surface area contributed by atoms with Crippen molar-refractivity contribution >= 4 is 5.97 Å². The normalized spacial score (nSPS) is 10.2. The molecule has 0 heterocycles. The molecule has 0 N–H and O–H groups in total. The Balaban J connectivity index is 2.18. The van der Waals surface area contributed by atoms with Gasteiger partial charge in [0.1, 0.15) is 11.6 Å². The van der Waals surface area contributed by atoms with E-state index < -0.39 is 11.8 Å². The van der Waals surface area contributed by atoms with Gasteiger partial charge in [-0.05, 0) is 55.3 Å². The fourth-order valence-corrected chi connectivity index (χ4v) is 1.56. The van der Waals surface area contributed by atoms with Crippen molar-refractivity contribution in [2.24, 2.45) is 0 Å². The van der Waals surface area contributed by atoms with Crippen LogP contribution < -0.4 is 4.74 Å². The number of benzene rings is 2. The Kier molecular flexibility index (Phi) is 3.42. The van der Waals surface area contributed by atoms with Crippen molar-refractivity contribution in [3.8, 4) is 5.75 Å². The van der Waals surface area contributed by atoms with Crippen LogP contribution in [-0.2, 0) is 0 Å². The molecule has 0 amide bonds. The average molecular weight is 244 g/mol. The van der Waals surface area contributed by atoms with Crippen LogP contribution in [0.25, 0.3) is 0 Å². The Bertz CT molecular complexity index is 591. The maximum Gasteiger partial charge on any atom is 0.343 e. The highest BCUT2D eigenvalue weighted by molar-refractivity contribution is 5.91. The zero-order valence-corrected chi connectivity index (χ0v) is 10.2. The van der Waals surface area contributed by atoms with Crippen LogP contribution in [0.3, 0.4) is 0 Å². The lowest BCUT2D eigenvalue weighted by atomic mass is 10.1. The highest BCUT2D eigenvalue weighted by Crippen LogP contribution is 2.18.